The monoisotopic (exact) mass is 408 g/mol. The number of hydrogen-bond donors (Lipinski definition) is 1. The van der Waals surface area contributed by atoms with Gasteiger partial charge in [0.25, 0.3) is 11.8 Å². The van der Waals surface area contributed by atoms with E-state index in [-0.39, 0.29) is 29.2 Å². The van der Waals surface area contributed by atoms with Gasteiger partial charge in [-0.2, -0.15) is 0 Å². The van der Waals surface area contributed by atoms with E-state index in [4.69, 9.17) is 0 Å². The van der Waals surface area contributed by atoms with Crippen molar-refractivity contribution in [3.63, 3.8) is 0 Å². The highest BCUT2D eigenvalue weighted by Gasteiger charge is 2.36. The van der Waals surface area contributed by atoms with Crippen molar-refractivity contribution in [1.29, 1.82) is 0 Å². The minimum atomic E-state index is -3.70. The topological polar surface area (TPSA) is 109 Å². The molecule has 0 bridgehead atoms. The predicted octanol–water partition coefficient (Wildman–Crippen LogP) is 1.75. The summed E-state index contributed by atoms with van der Waals surface area (Å²) in [6.45, 7) is 0.164. The van der Waals surface area contributed by atoms with E-state index in [1.54, 1.807) is 48.8 Å². The standard InChI is InChI=1S/C20H16N4O4S/c25-19-17-4-2-10-22-18(17)20(26)24(19)13-14-5-7-16(8-6-14)29(27,28)23-12-15-3-1-9-21-11-15/h1-11,23H,12-13H2. The van der Waals surface area contributed by atoms with Crippen LogP contribution in [0.1, 0.15) is 32.0 Å². The van der Waals surface area contributed by atoms with E-state index in [0.29, 0.717) is 5.56 Å². The molecule has 0 radical (unpaired) electrons. The molecule has 1 aromatic carbocycles. The minimum Gasteiger partial charge on any atom is -0.268 e. The van der Waals surface area contributed by atoms with Crippen LogP contribution in [-0.2, 0) is 23.1 Å². The van der Waals surface area contributed by atoms with Gasteiger partial charge in [0, 0.05) is 25.1 Å². The lowest BCUT2D eigenvalue weighted by atomic mass is 10.2. The van der Waals surface area contributed by atoms with Crippen molar-refractivity contribution in [2.45, 2.75) is 18.0 Å². The maximum absolute atomic E-state index is 12.5. The maximum atomic E-state index is 12.5. The van der Waals surface area contributed by atoms with Gasteiger partial charge in [-0.1, -0.05) is 18.2 Å². The Morgan fingerprint density at radius 2 is 1.66 bits per heavy atom. The molecule has 3 heterocycles. The molecule has 1 aliphatic heterocycles. The summed E-state index contributed by atoms with van der Waals surface area (Å²) in [4.78, 5) is 33.9. The number of imide groups is 1. The number of nitrogens with one attached hydrogen (secondary N) is 1. The zero-order valence-electron chi connectivity index (χ0n) is 15.1. The van der Waals surface area contributed by atoms with Crippen molar-refractivity contribution in [2.75, 3.05) is 0 Å². The van der Waals surface area contributed by atoms with Crippen molar-refractivity contribution in [1.82, 2.24) is 19.6 Å². The molecule has 0 saturated carbocycles. The van der Waals surface area contributed by atoms with Crippen LogP contribution in [0.15, 0.2) is 72.0 Å². The van der Waals surface area contributed by atoms with Gasteiger partial charge in [0.1, 0.15) is 5.69 Å². The van der Waals surface area contributed by atoms with Gasteiger partial charge in [0.05, 0.1) is 17.0 Å². The molecular weight excluding hydrogens is 392 g/mol. The maximum Gasteiger partial charge on any atom is 0.280 e. The summed E-state index contributed by atoms with van der Waals surface area (Å²) >= 11 is 0. The van der Waals surface area contributed by atoms with Crippen LogP contribution in [0.2, 0.25) is 0 Å². The number of nitrogens with zero attached hydrogens (tertiary/aromatic N) is 3. The van der Waals surface area contributed by atoms with Gasteiger partial charge < -0.3 is 0 Å². The third kappa shape index (κ3) is 3.78. The first-order chi connectivity index (χ1) is 14.0. The smallest absolute Gasteiger partial charge is 0.268 e. The van der Waals surface area contributed by atoms with Gasteiger partial charge in [-0.25, -0.2) is 13.1 Å². The molecule has 1 N–H and O–H groups in total. The summed E-state index contributed by atoms with van der Waals surface area (Å²) in [6.07, 6.45) is 4.66. The van der Waals surface area contributed by atoms with Crippen LogP contribution in [0, 0.1) is 0 Å². The van der Waals surface area contributed by atoms with Crippen LogP contribution < -0.4 is 4.72 Å². The molecule has 8 nitrogen and oxygen atoms in total. The Labute approximate surface area is 167 Å². The number of carbonyl (C=O) groups excluding carboxylic acids is 2. The fourth-order valence-corrected chi connectivity index (χ4v) is 4.00. The average Bonchev–Trinajstić information content (AvgIpc) is 2.99. The van der Waals surface area contributed by atoms with E-state index in [1.807, 2.05) is 0 Å². The van der Waals surface area contributed by atoms with Crippen LogP contribution in [0.4, 0.5) is 0 Å². The normalized spacial score (nSPS) is 13.6. The third-order valence-electron chi connectivity index (χ3n) is 4.49. The number of sulfonamides is 1. The summed E-state index contributed by atoms with van der Waals surface area (Å²) in [5, 5.41) is 0. The van der Waals surface area contributed by atoms with Gasteiger partial charge in [-0.3, -0.25) is 24.5 Å². The van der Waals surface area contributed by atoms with E-state index in [9.17, 15) is 18.0 Å². The van der Waals surface area contributed by atoms with E-state index in [2.05, 4.69) is 14.7 Å². The Balaban J connectivity index is 1.46. The number of benzene rings is 1. The molecule has 4 rings (SSSR count). The SMILES string of the molecule is O=C1c2cccnc2C(=O)N1Cc1ccc(S(=O)(=O)NCc2cccnc2)cc1. The second kappa shape index (κ2) is 7.53. The molecule has 146 valence electrons. The lowest BCUT2D eigenvalue weighted by Crippen LogP contribution is -2.29. The molecule has 0 unspecified atom stereocenters. The molecule has 0 fully saturated rings. The number of rotatable bonds is 6. The molecule has 0 spiro atoms. The third-order valence-corrected chi connectivity index (χ3v) is 5.91. The van der Waals surface area contributed by atoms with Gasteiger partial charge in [0.2, 0.25) is 10.0 Å². The fraction of sp³-hybridized carbons (Fsp3) is 0.100. The van der Waals surface area contributed by atoms with Gasteiger partial charge >= 0.3 is 0 Å². The van der Waals surface area contributed by atoms with E-state index in [1.165, 1.54) is 18.3 Å². The first-order valence-electron chi connectivity index (χ1n) is 8.74. The van der Waals surface area contributed by atoms with Crippen LogP contribution in [0.5, 0.6) is 0 Å². The lowest BCUT2D eigenvalue weighted by molar-refractivity contribution is 0.0640. The fourth-order valence-electron chi connectivity index (χ4n) is 2.98. The summed E-state index contributed by atoms with van der Waals surface area (Å²) in [7, 11) is -3.70. The molecular formula is C20H16N4O4S. The molecule has 2 amide bonds. The van der Waals surface area contributed by atoms with E-state index < -0.39 is 21.8 Å². The highest BCUT2D eigenvalue weighted by Crippen LogP contribution is 2.23. The first kappa shape index (κ1) is 18.9. The summed E-state index contributed by atoms with van der Waals surface area (Å²) < 4.78 is 27.4. The molecule has 1 aliphatic rings. The Morgan fingerprint density at radius 1 is 0.897 bits per heavy atom. The number of fused-ring (bicyclic) bond motifs is 1. The van der Waals surface area contributed by atoms with Crippen molar-refractivity contribution in [2.24, 2.45) is 0 Å². The average molecular weight is 408 g/mol. The van der Waals surface area contributed by atoms with Crippen molar-refractivity contribution >= 4 is 21.8 Å². The zero-order chi connectivity index (χ0) is 20.4. The molecule has 3 aromatic rings. The van der Waals surface area contributed by atoms with Crippen LogP contribution in [-0.4, -0.2) is 35.1 Å². The lowest BCUT2D eigenvalue weighted by Gasteiger charge is -2.14. The largest absolute Gasteiger partial charge is 0.280 e. The Bertz CT molecular complexity index is 1140. The highest BCUT2D eigenvalue weighted by molar-refractivity contribution is 7.89. The number of carbonyl (C=O) groups is 2. The van der Waals surface area contributed by atoms with Crippen molar-refractivity contribution in [3.8, 4) is 0 Å². The number of aromatic nitrogens is 2. The second-order valence-electron chi connectivity index (χ2n) is 6.43. The molecule has 2 aromatic heterocycles. The zero-order valence-corrected chi connectivity index (χ0v) is 16.0. The molecule has 9 heteroatoms. The molecule has 0 atom stereocenters. The van der Waals surface area contributed by atoms with Crippen LogP contribution in [0.3, 0.4) is 0 Å². The predicted molar refractivity (Wildman–Crippen MR) is 103 cm³/mol. The van der Waals surface area contributed by atoms with Crippen molar-refractivity contribution < 1.29 is 18.0 Å². The molecule has 0 aliphatic carbocycles. The summed E-state index contributed by atoms with van der Waals surface area (Å²) in [6, 6.07) is 12.7. The number of amides is 2. The van der Waals surface area contributed by atoms with Gasteiger partial charge in [0.15, 0.2) is 0 Å². The van der Waals surface area contributed by atoms with Gasteiger partial charge in [-0.15, -0.1) is 0 Å². The Kier molecular flexibility index (Phi) is 4.91. The Hall–Kier alpha value is -3.43. The highest BCUT2D eigenvalue weighted by atomic mass is 32.2. The van der Waals surface area contributed by atoms with E-state index in [0.717, 1.165) is 10.5 Å². The minimum absolute atomic E-state index is 0.0392. The second-order valence-corrected chi connectivity index (χ2v) is 8.19. The quantitative estimate of drug-likeness (QED) is 0.623. The number of pyridine rings is 2. The van der Waals surface area contributed by atoms with Crippen LogP contribution in [0.25, 0.3) is 0 Å². The van der Waals surface area contributed by atoms with E-state index >= 15 is 0 Å². The number of hydrogen-bond acceptors (Lipinski definition) is 6. The van der Waals surface area contributed by atoms with Crippen LogP contribution >= 0.6 is 0 Å². The summed E-state index contributed by atoms with van der Waals surface area (Å²) in [5.41, 5.74) is 1.78. The summed E-state index contributed by atoms with van der Waals surface area (Å²) in [5.74, 6) is -0.867. The Morgan fingerprint density at radius 3 is 2.34 bits per heavy atom. The van der Waals surface area contributed by atoms with Crippen molar-refractivity contribution in [3.05, 3.63) is 89.5 Å². The van der Waals surface area contributed by atoms with Gasteiger partial charge in [-0.05, 0) is 41.5 Å². The first-order valence-corrected chi connectivity index (χ1v) is 10.2. The molecule has 29 heavy (non-hydrogen) atoms. The molecule has 0 saturated heterocycles.